The van der Waals surface area contributed by atoms with Crippen LogP contribution >= 0.6 is 23.1 Å². The summed E-state index contributed by atoms with van der Waals surface area (Å²) in [6, 6.07) is 42.9. The monoisotopic (exact) mass is 753 g/mol. The number of carbonyl (C=O) groups is 2. The smallest absolute Gasteiger partial charge is 0.346 e. The summed E-state index contributed by atoms with van der Waals surface area (Å²) in [5, 5.41) is 37.8. The molecule has 7 rings (SSSR count). The van der Waals surface area contributed by atoms with E-state index in [0.29, 0.717) is 33.3 Å². The number of aliphatic carboxylic acids is 2. The lowest BCUT2D eigenvalue weighted by Gasteiger charge is -2.25. The number of anilines is 3. The average molecular weight is 754 g/mol. The molecule has 11 heteroatoms. The van der Waals surface area contributed by atoms with E-state index in [4.69, 9.17) is 0 Å². The second-order valence-corrected chi connectivity index (χ2v) is 13.7. The number of nitriles is 2. The normalized spacial score (nSPS) is 11.5. The van der Waals surface area contributed by atoms with Crippen molar-refractivity contribution in [1.29, 1.82) is 10.5 Å². The third kappa shape index (κ3) is 7.43. The Morgan fingerprint density at radius 3 is 1.67 bits per heavy atom. The highest BCUT2D eigenvalue weighted by molar-refractivity contribution is 7.19. The summed E-state index contributed by atoms with van der Waals surface area (Å²) in [7, 11) is 0. The highest BCUT2D eigenvalue weighted by Crippen LogP contribution is 2.44. The first-order valence-electron chi connectivity index (χ1n) is 16.7. The van der Waals surface area contributed by atoms with Gasteiger partial charge in [0.25, 0.3) is 0 Å². The van der Waals surface area contributed by atoms with Gasteiger partial charge in [-0.25, -0.2) is 9.59 Å². The maximum atomic E-state index is 11.6. The van der Waals surface area contributed by atoms with Crippen molar-refractivity contribution in [3.05, 3.63) is 156 Å². The molecule has 7 aromatic rings. The molecule has 264 valence electrons. The number of hydrogen-bond donors (Lipinski definition) is 2. The third-order valence-electron chi connectivity index (χ3n) is 8.69. The summed E-state index contributed by atoms with van der Waals surface area (Å²) in [6.45, 7) is 4.10. The summed E-state index contributed by atoms with van der Waals surface area (Å²) >= 11 is 2.65. The van der Waals surface area contributed by atoms with E-state index in [1.165, 1.54) is 18.2 Å². The molecule has 0 fully saturated rings. The van der Waals surface area contributed by atoms with Gasteiger partial charge >= 0.3 is 11.9 Å². The average Bonchev–Trinajstić information content (AvgIpc) is 3.88. The lowest BCUT2D eigenvalue weighted by Crippen LogP contribution is -2.09. The number of nitrogens with zero attached hydrogens (tertiary/aromatic N) is 5. The predicted octanol–water partition coefficient (Wildman–Crippen LogP) is 10.8. The standard InChI is InChI=1S/C44H27N5O4S2/c1-2-29-24-39(54-42(29)30-13-15-36(16-14-30)49(34-9-5-3-6-10-34)35-11-7-4-8-12-35)38-18-17-37(40-41(38)48-55-47-40)31-20-27(22-32(25-45)43(50)51)19-28(21-31)23-33(26-46)44(52)53/h2-24H,1H2,(H,50,51)(H,52,53)/b32-22+,33-23+. The molecule has 2 heterocycles. The van der Waals surface area contributed by atoms with Gasteiger partial charge in [0.15, 0.2) is 0 Å². The van der Waals surface area contributed by atoms with Crippen LogP contribution in [0.15, 0.2) is 139 Å². The fraction of sp³-hybridized carbons (Fsp3) is 0. The molecule has 0 saturated carbocycles. The molecule has 0 aliphatic heterocycles. The Balaban J connectivity index is 1.29. The second kappa shape index (κ2) is 15.7. The first-order valence-corrected chi connectivity index (χ1v) is 18.2. The van der Waals surface area contributed by atoms with Crippen molar-refractivity contribution in [3.8, 4) is 44.1 Å². The molecule has 0 aliphatic rings. The fourth-order valence-electron chi connectivity index (χ4n) is 6.19. The van der Waals surface area contributed by atoms with Gasteiger partial charge in [-0.3, -0.25) is 0 Å². The molecule has 5 aromatic carbocycles. The van der Waals surface area contributed by atoms with Crippen molar-refractivity contribution in [3.63, 3.8) is 0 Å². The van der Waals surface area contributed by atoms with Gasteiger partial charge in [-0.15, -0.1) is 11.3 Å². The molecule has 0 aliphatic carbocycles. The summed E-state index contributed by atoms with van der Waals surface area (Å²) in [4.78, 5) is 27.5. The van der Waals surface area contributed by atoms with E-state index in [9.17, 15) is 30.3 Å². The summed E-state index contributed by atoms with van der Waals surface area (Å²) < 4.78 is 9.28. The molecule has 0 unspecified atom stereocenters. The number of hydrogen-bond acceptors (Lipinski definition) is 9. The van der Waals surface area contributed by atoms with Gasteiger partial charge in [-0.2, -0.15) is 19.3 Å². The molecule has 2 N–H and O–H groups in total. The summed E-state index contributed by atoms with van der Waals surface area (Å²) in [5.41, 5.74) is 8.03. The topological polar surface area (TPSA) is 151 Å². The number of thiophene rings is 1. The molecule has 0 bridgehead atoms. The number of benzene rings is 5. The highest BCUT2D eigenvalue weighted by Gasteiger charge is 2.19. The van der Waals surface area contributed by atoms with Crippen LogP contribution in [0.5, 0.6) is 0 Å². The molecule has 0 amide bonds. The van der Waals surface area contributed by atoms with E-state index in [2.05, 4.69) is 74.8 Å². The zero-order valence-electron chi connectivity index (χ0n) is 28.7. The molecular weight excluding hydrogens is 727 g/mol. The van der Waals surface area contributed by atoms with Crippen molar-refractivity contribution < 1.29 is 19.8 Å². The molecule has 9 nitrogen and oxygen atoms in total. The molecule has 0 atom stereocenters. The minimum absolute atomic E-state index is 0.325. The maximum Gasteiger partial charge on any atom is 0.346 e. The van der Waals surface area contributed by atoms with E-state index in [1.54, 1.807) is 35.6 Å². The van der Waals surface area contributed by atoms with Crippen LogP contribution < -0.4 is 4.90 Å². The van der Waals surface area contributed by atoms with Crippen LogP contribution in [-0.4, -0.2) is 30.9 Å². The third-order valence-corrected chi connectivity index (χ3v) is 10.5. The molecule has 0 radical (unpaired) electrons. The Labute approximate surface area is 323 Å². The van der Waals surface area contributed by atoms with Gasteiger partial charge < -0.3 is 15.1 Å². The van der Waals surface area contributed by atoms with Gasteiger partial charge in [0, 0.05) is 37.9 Å². The summed E-state index contributed by atoms with van der Waals surface area (Å²) in [5.74, 6) is -2.81. The number of aromatic nitrogens is 2. The van der Waals surface area contributed by atoms with Crippen molar-refractivity contribution in [1.82, 2.24) is 8.75 Å². The lowest BCUT2D eigenvalue weighted by atomic mass is 9.95. The minimum atomic E-state index is -1.41. The fourth-order valence-corrected chi connectivity index (χ4v) is 7.96. The van der Waals surface area contributed by atoms with Crippen molar-refractivity contribution in [2.45, 2.75) is 0 Å². The van der Waals surface area contributed by atoms with Crippen LogP contribution in [0.4, 0.5) is 17.1 Å². The Morgan fingerprint density at radius 2 is 1.16 bits per heavy atom. The van der Waals surface area contributed by atoms with Crippen LogP contribution in [0.25, 0.3) is 61.3 Å². The maximum absolute atomic E-state index is 11.6. The zero-order chi connectivity index (χ0) is 38.5. The van der Waals surface area contributed by atoms with Crippen LogP contribution in [-0.2, 0) is 9.59 Å². The SMILES string of the molecule is C=Cc1cc(-c2ccc(-c3cc(/C=C(\C#N)C(=O)O)cc(/C=C(\C#N)C(=O)O)c3)c3nsnc23)sc1-c1ccc(N(c2ccccc2)c2ccccc2)cc1. The predicted molar refractivity (Wildman–Crippen MR) is 219 cm³/mol. The van der Waals surface area contributed by atoms with Crippen LogP contribution in [0, 0.1) is 22.7 Å². The second-order valence-electron chi connectivity index (χ2n) is 12.1. The van der Waals surface area contributed by atoms with E-state index in [1.807, 2.05) is 54.6 Å². The van der Waals surface area contributed by atoms with E-state index in [-0.39, 0.29) is 0 Å². The molecule has 0 spiro atoms. The molecule has 0 saturated heterocycles. The number of para-hydroxylation sites is 2. The molecular formula is C44H27N5O4S2. The van der Waals surface area contributed by atoms with Gasteiger partial charge in [0.2, 0.25) is 0 Å². The van der Waals surface area contributed by atoms with E-state index in [0.717, 1.165) is 55.2 Å². The largest absolute Gasteiger partial charge is 0.477 e. The van der Waals surface area contributed by atoms with Crippen LogP contribution in [0.2, 0.25) is 0 Å². The summed E-state index contributed by atoms with van der Waals surface area (Å²) in [6.07, 6.45) is 4.22. The lowest BCUT2D eigenvalue weighted by molar-refractivity contribution is -0.133. The van der Waals surface area contributed by atoms with Crippen LogP contribution in [0.3, 0.4) is 0 Å². The Bertz CT molecular complexity index is 2660. The highest BCUT2D eigenvalue weighted by atomic mass is 32.1. The zero-order valence-corrected chi connectivity index (χ0v) is 30.4. The van der Waals surface area contributed by atoms with Crippen molar-refractivity contribution in [2.24, 2.45) is 0 Å². The minimum Gasteiger partial charge on any atom is -0.477 e. The van der Waals surface area contributed by atoms with Gasteiger partial charge in [-0.1, -0.05) is 73.3 Å². The van der Waals surface area contributed by atoms with Crippen molar-refractivity contribution >= 4 is 81.3 Å². The Morgan fingerprint density at radius 1 is 0.655 bits per heavy atom. The Hall–Kier alpha value is -7.44. The first kappa shape index (κ1) is 35.9. The number of rotatable bonds is 11. The number of carboxylic acid groups (broad SMARTS) is 2. The molecule has 55 heavy (non-hydrogen) atoms. The first-order chi connectivity index (χ1) is 26.8. The van der Waals surface area contributed by atoms with Gasteiger partial charge in [-0.05, 0) is 101 Å². The van der Waals surface area contributed by atoms with E-state index >= 15 is 0 Å². The number of carboxylic acids is 2. The Kier molecular flexibility index (Phi) is 10.2. The van der Waals surface area contributed by atoms with Gasteiger partial charge in [0.05, 0.1) is 11.7 Å². The quantitative estimate of drug-likeness (QED) is 0.0971. The van der Waals surface area contributed by atoms with Crippen LogP contribution in [0.1, 0.15) is 16.7 Å². The van der Waals surface area contributed by atoms with E-state index < -0.39 is 23.1 Å². The number of fused-ring (bicyclic) bond motifs is 1. The molecule has 2 aromatic heterocycles. The van der Waals surface area contributed by atoms with Gasteiger partial charge in [0.1, 0.15) is 34.3 Å². The van der Waals surface area contributed by atoms with Crippen molar-refractivity contribution in [2.75, 3.05) is 4.90 Å².